The van der Waals surface area contributed by atoms with Crippen LogP contribution < -0.4 is 5.32 Å². The number of hydrogen-bond donors (Lipinski definition) is 1. The maximum Gasteiger partial charge on any atom is 0.0319 e. The van der Waals surface area contributed by atoms with Gasteiger partial charge in [0.1, 0.15) is 0 Å². The Hall–Kier alpha value is -1.60. The molecule has 0 aromatic heterocycles. The van der Waals surface area contributed by atoms with E-state index >= 15 is 0 Å². The first kappa shape index (κ1) is 13.8. The highest BCUT2D eigenvalue weighted by Gasteiger charge is 2.10. The maximum atomic E-state index is 3.41. The summed E-state index contributed by atoms with van der Waals surface area (Å²) >= 11 is 0. The summed E-state index contributed by atoms with van der Waals surface area (Å²) in [4.78, 5) is 0. The summed E-state index contributed by atoms with van der Waals surface area (Å²) in [5, 5.41) is 3.41. The van der Waals surface area contributed by atoms with Crippen LogP contribution in [0.2, 0.25) is 0 Å². The van der Waals surface area contributed by atoms with Crippen molar-refractivity contribution in [3.8, 4) is 11.1 Å². The van der Waals surface area contributed by atoms with Gasteiger partial charge in [-0.15, -0.1) is 0 Å². The van der Waals surface area contributed by atoms with Gasteiger partial charge in [-0.3, -0.25) is 0 Å². The van der Waals surface area contributed by atoms with Crippen molar-refractivity contribution in [3.05, 3.63) is 60.2 Å². The zero-order valence-electron chi connectivity index (χ0n) is 12.1. The summed E-state index contributed by atoms with van der Waals surface area (Å²) in [5.74, 6) is 0.700. The lowest BCUT2D eigenvalue weighted by atomic mass is 9.95. The largest absolute Gasteiger partial charge is 0.313 e. The van der Waals surface area contributed by atoms with Crippen LogP contribution in [0.25, 0.3) is 11.1 Å². The van der Waals surface area contributed by atoms with Crippen LogP contribution in [0.4, 0.5) is 0 Å². The van der Waals surface area contributed by atoms with Crippen molar-refractivity contribution in [2.75, 3.05) is 7.05 Å². The third-order valence-electron chi connectivity index (χ3n) is 3.48. The molecule has 2 aromatic carbocycles. The lowest BCUT2D eigenvalue weighted by Crippen LogP contribution is -2.18. The molecule has 0 fully saturated rings. The van der Waals surface area contributed by atoms with Gasteiger partial charge in [-0.25, -0.2) is 0 Å². The van der Waals surface area contributed by atoms with Crippen molar-refractivity contribution < 1.29 is 0 Å². The minimum Gasteiger partial charge on any atom is -0.313 e. The van der Waals surface area contributed by atoms with E-state index in [9.17, 15) is 0 Å². The van der Waals surface area contributed by atoms with Crippen molar-refractivity contribution in [1.82, 2.24) is 5.32 Å². The Bertz CT molecular complexity index is 485. The summed E-state index contributed by atoms with van der Waals surface area (Å²) in [5.41, 5.74) is 3.93. The van der Waals surface area contributed by atoms with Crippen LogP contribution in [0.3, 0.4) is 0 Å². The van der Waals surface area contributed by atoms with Crippen LogP contribution in [-0.4, -0.2) is 7.05 Å². The molecule has 0 saturated carbocycles. The van der Waals surface area contributed by atoms with E-state index < -0.39 is 0 Å². The number of hydrogen-bond acceptors (Lipinski definition) is 1. The van der Waals surface area contributed by atoms with Gasteiger partial charge >= 0.3 is 0 Å². The molecular weight excluding hydrogens is 230 g/mol. The summed E-state index contributed by atoms with van der Waals surface area (Å²) in [6.07, 6.45) is 1.17. The molecule has 1 heteroatoms. The van der Waals surface area contributed by atoms with Crippen LogP contribution >= 0.6 is 0 Å². The molecule has 0 heterocycles. The third-order valence-corrected chi connectivity index (χ3v) is 3.48. The molecule has 0 amide bonds. The first-order valence-corrected chi connectivity index (χ1v) is 7.03. The molecule has 2 aromatic rings. The first-order valence-electron chi connectivity index (χ1n) is 7.03. The van der Waals surface area contributed by atoms with Crippen LogP contribution in [0, 0.1) is 5.92 Å². The van der Waals surface area contributed by atoms with Gasteiger partial charge in [0.2, 0.25) is 0 Å². The van der Waals surface area contributed by atoms with Crippen molar-refractivity contribution in [1.29, 1.82) is 0 Å². The average Bonchev–Trinajstić information content (AvgIpc) is 2.46. The Morgan fingerprint density at radius 2 is 1.42 bits per heavy atom. The van der Waals surface area contributed by atoms with Gasteiger partial charge < -0.3 is 5.32 Å². The summed E-state index contributed by atoms with van der Waals surface area (Å²) in [6.45, 7) is 4.53. The van der Waals surface area contributed by atoms with Gasteiger partial charge in [-0.2, -0.15) is 0 Å². The quantitative estimate of drug-likeness (QED) is 0.817. The van der Waals surface area contributed by atoms with Gasteiger partial charge in [0.15, 0.2) is 0 Å². The van der Waals surface area contributed by atoms with Crippen molar-refractivity contribution in [3.63, 3.8) is 0 Å². The highest BCUT2D eigenvalue weighted by Crippen LogP contribution is 2.24. The zero-order chi connectivity index (χ0) is 13.7. The molecule has 1 nitrogen and oxygen atoms in total. The van der Waals surface area contributed by atoms with E-state index in [1.807, 2.05) is 7.05 Å². The fourth-order valence-corrected chi connectivity index (χ4v) is 2.43. The van der Waals surface area contributed by atoms with E-state index in [0.717, 1.165) is 0 Å². The van der Waals surface area contributed by atoms with Crippen LogP contribution in [0.15, 0.2) is 54.6 Å². The molecule has 0 saturated heterocycles. The number of rotatable bonds is 5. The Morgan fingerprint density at radius 3 is 1.95 bits per heavy atom. The summed E-state index contributed by atoms with van der Waals surface area (Å²) in [6, 6.07) is 19.9. The molecule has 19 heavy (non-hydrogen) atoms. The first-order chi connectivity index (χ1) is 9.20. The second-order valence-electron chi connectivity index (χ2n) is 5.46. The van der Waals surface area contributed by atoms with E-state index in [1.54, 1.807) is 0 Å². The zero-order valence-corrected chi connectivity index (χ0v) is 12.1. The van der Waals surface area contributed by atoms with Crippen LogP contribution in [-0.2, 0) is 0 Å². The minimum absolute atomic E-state index is 0.449. The molecule has 0 aliphatic rings. The monoisotopic (exact) mass is 253 g/mol. The van der Waals surface area contributed by atoms with Gasteiger partial charge in [0.25, 0.3) is 0 Å². The van der Waals surface area contributed by atoms with E-state index in [2.05, 4.69) is 73.8 Å². The lowest BCUT2D eigenvalue weighted by Gasteiger charge is -2.19. The third kappa shape index (κ3) is 3.68. The molecule has 2 rings (SSSR count). The predicted octanol–water partition coefficient (Wildman–Crippen LogP) is 4.66. The average molecular weight is 253 g/mol. The number of benzene rings is 2. The van der Waals surface area contributed by atoms with Crippen molar-refractivity contribution >= 4 is 0 Å². The smallest absolute Gasteiger partial charge is 0.0319 e. The SMILES string of the molecule is CNC(CC(C)C)c1ccc(-c2ccccc2)cc1. The molecular formula is C18H23N. The Kier molecular flexibility index (Phi) is 4.75. The molecule has 100 valence electrons. The molecule has 0 radical (unpaired) electrons. The van der Waals surface area contributed by atoms with Crippen LogP contribution in [0.5, 0.6) is 0 Å². The van der Waals surface area contributed by atoms with Gasteiger partial charge in [0.05, 0.1) is 0 Å². The fraction of sp³-hybridized carbons (Fsp3) is 0.333. The van der Waals surface area contributed by atoms with E-state index in [4.69, 9.17) is 0 Å². The van der Waals surface area contributed by atoms with Crippen LogP contribution in [0.1, 0.15) is 31.9 Å². The molecule has 1 N–H and O–H groups in total. The van der Waals surface area contributed by atoms with E-state index in [1.165, 1.54) is 23.1 Å². The molecule has 0 aliphatic carbocycles. The molecule has 0 aliphatic heterocycles. The topological polar surface area (TPSA) is 12.0 Å². The molecule has 1 atom stereocenters. The van der Waals surface area contributed by atoms with Crippen molar-refractivity contribution in [2.45, 2.75) is 26.3 Å². The Balaban J connectivity index is 2.18. The highest BCUT2D eigenvalue weighted by atomic mass is 14.9. The second-order valence-corrected chi connectivity index (χ2v) is 5.46. The van der Waals surface area contributed by atoms with Gasteiger partial charge in [-0.05, 0) is 36.1 Å². The Morgan fingerprint density at radius 1 is 0.842 bits per heavy atom. The predicted molar refractivity (Wildman–Crippen MR) is 83.1 cm³/mol. The standard InChI is InChI=1S/C18H23N/c1-14(2)13-18(19-3)17-11-9-16(10-12-17)15-7-5-4-6-8-15/h4-12,14,18-19H,13H2,1-3H3. The normalized spacial score (nSPS) is 12.6. The molecule has 0 spiro atoms. The van der Waals surface area contributed by atoms with Crippen molar-refractivity contribution in [2.24, 2.45) is 5.92 Å². The summed E-state index contributed by atoms with van der Waals surface area (Å²) in [7, 11) is 2.04. The second kappa shape index (κ2) is 6.53. The maximum absolute atomic E-state index is 3.41. The lowest BCUT2D eigenvalue weighted by molar-refractivity contribution is 0.457. The summed E-state index contributed by atoms with van der Waals surface area (Å²) < 4.78 is 0. The Labute approximate surface area is 116 Å². The van der Waals surface area contributed by atoms with E-state index in [-0.39, 0.29) is 0 Å². The van der Waals surface area contributed by atoms with E-state index in [0.29, 0.717) is 12.0 Å². The van der Waals surface area contributed by atoms with Gasteiger partial charge in [0, 0.05) is 6.04 Å². The fourth-order valence-electron chi connectivity index (χ4n) is 2.43. The molecule has 0 bridgehead atoms. The molecule has 1 unspecified atom stereocenters. The highest BCUT2D eigenvalue weighted by molar-refractivity contribution is 5.63. The number of nitrogens with one attached hydrogen (secondary N) is 1. The minimum atomic E-state index is 0.449. The van der Waals surface area contributed by atoms with Gasteiger partial charge in [-0.1, -0.05) is 68.4 Å².